The molecule has 0 saturated carbocycles. The maximum atomic E-state index is 13.7. The van der Waals surface area contributed by atoms with Crippen LogP contribution < -0.4 is 10.0 Å². The van der Waals surface area contributed by atoms with Crippen LogP contribution >= 0.6 is 15.2 Å². The second-order valence-corrected chi connectivity index (χ2v) is 12.3. The van der Waals surface area contributed by atoms with E-state index in [0.29, 0.717) is 28.9 Å². The normalized spacial score (nSPS) is 13.7. The fourth-order valence-corrected chi connectivity index (χ4v) is 7.81. The molecule has 0 N–H and O–H groups in total. The minimum atomic E-state index is -3.78. The second-order valence-electron chi connectivity index (χ2n) is 8.24. The summed E-state index contributed by atoms with van der Waals surface area (Å²) in [4.78, 5) is 26.3. The van der Waals surface area contributed by atoms with E-state index >= 15 is 0 Å². The molecular formula is C26H35NO9P2. The zero-order valence-corrected chi connectivity index (χ0v) is 24.0. The highest BCUT2D eigenvalue weighted by Gasteiger charge is 2.35. The van der Waals surface area contributed by atoms with Gasteiger partial charge in [0.2, 0.25) is 0 Å². The molecule has 208 valence electrons. The van der Waals surface area contributed by atoms with E-state index in [0.717, 1.165) is 0 Å². The predicted molar refractivity (Wildman–Crippen MR) is 143 cm³/mol. The average Bonchev–Trinajstić information content (AvgIpc) is 3.12. The molecule has 0 fully saturated rings. The molecule has 0 aliphatic carbocycles. The molecule has 2 aromatic carbocycles. The first-order valence-corrected chi connectivity index (χ1v) is 16.0. The van der Waals surface area contributed by atoms with Crippen LogP contribution in [0.1, 0.15) is 60.4 Å². The number of rotatable bonds is 16. The highest BCUT2D eigenvalue weighted by molar-refractivity contribution is 7.62. The van der Waals surface area contributed by atoms with Crippen LogP contribution in [-0.4, -0.2) is 56.3 Å². The number of ether oxygens (including phenoxy) is 1. The number of hydrogen-bond donors (Lipinski definition) is 0. The van der Waals surface area contributed by atoms with Crippen LogP contribution in [-0.2, 0) is 33.4 Å². The van der Waals surface area contributed by atoms with Gasteiger partial charge in [-0.1, -0.05) is 18.2 Å². The van der Waals surface area contributed by atoms with E-state index in [4.69, 9.17) is 22.8 Å². The lowest BCUT2D eigenvalue weighted by molar-refractivity contribution is 0.0646. The summed E-state index contributed by atoms with van der Waals surface area (Å²) in [7, 11) is -7.28. The Morgan fingerprint density at radius 3 is 1.84 bits per heavy atom. The van der Waals surface area contributed by atoms with Crippen LogP contribution in [0.15, 0.2) is 42.5 Å². The van der Waals surface area contributed by atoms with E-state index in [1.165, 1.54) is 4.90 Å². The maximum Gasteiger partial charge on any atom is 0.361 e. The number of hydrogen-bond acceptors (Lipinski definition) is 9. The Morgan fingerprint density at radius 2 is 1.32 bits per heavy atom. The molecule has 12 heteroatoms. The number of amides is 2. The topological polar surface area (TPSA) is 118 Å². The Hall–Kier alpha value is -2.32. The minimum absolute atomic E-state index is 0.117. The Morgan fingerprint density at radius 1 is 0.763 bits per heavy atom. The molecule has 1 aliphatic heterocycles. The third kappa shape index (κ3) is 7.00. The predicted octanol–water partition coefficient (Wildman–Crippen LogP) is 5.41. The standard InChI is InChI=1S/C26H35NO9P2/c1-5-33-37(30,34-6-2)19-20-14-15-21(18-24(20)38(31,35-7-3)36-8-4)32-17-11-16-27-25(28)22-12-9-10-13-23(22)26(27)29/h9-10,12-15,18H,5-8,11,16-17,19H2,1-4H3. The number of carbonyl (C=O) groups excluding carboxylic acids is 2. The Bertz CT molecular complexity index is 1180. The van der Waals surface area contributed by atoms with Gasteiger partial charge in [0.15, 0.2) is 0 Å². The Balaban J connectivity index is 1.77. The van der Waals surface area contributed by atoms with Crippen molar-refractivity contribution in [3.63, 3.8) is 0 Å². The third-order valence-corrected chi connectivity index (χ3v) is 9.87. The molecule has 3 rings (SSSR count). The molecule has 1 aliphatic rings. The first-order chi connectivity index (χ1) is 18.2. The number of fused-ring (bicyclic) bond motifs is 1. The Labute approximate surface area is 223 Å². The fourth-order valence-electron chi connectivity index (χ4n) is 4.12. The molecule has 0 bridgehead atoms. The van der Waals surface area contributed by atoms with Crippen LogP contribution in [0.2, 0.25) is 0 Å². The molecule has 0 saturated heterocycles. The molecule has 2 amide bonds. The van der Waals surface area contributed by atoms with Crippen LogP contribution in [0.4, 0.5) is 0 Å². The summed E-state index contributed by atoms with van der Waals surface area (Å²) >= 11 is 0. The summed E-state index contributed by atoms with van der Waals surface area (Å²) in [5.41, 5.74) is 1.24. The summed E-state index contributed by atoms with van der Waals surface area (Å²) in [6, 6.07) is 11.6. The third-order valence-electron chi connectivity index (χ3n) is 5.64. The second kappa shape index (κ2) is 13.7. The van der Waals surface area contributed by atoms with Gasteiger partial charge in [-0.05, 0) is 63.9 Å². The lowest BCUT2D eigenvalue weighted by Gasteiger charge is -2.23. The smallest absolute Gasteiger partial charge is 0.361 e. The van der Waals surface area contributed by atoms with Crippen molar-refractivity contribution >= 4 is 32.3 Å². The zero-order chi connectivity index (χ0) is 27.8. The zero-order valence-electron chi connectivity index (χ0n) is 22.2. The van der Waals surface area contributed by atoms with E-state index in [9.17, 15) is 18.7 Å². The summed E-state index contributed by atoms with van der Waals surface area (Å²) in [5.74, 6) is -0.257. The van der Waals surface area contributed by atoms with Crippen molar-refractivity contribution in [3.05, 3.63) is 59.2 Å². The van der Waals surface area contributed by atoms with Crippen molar-refractivity contribution in [2.75, 3.05) is 39.6 Å². The van der Waals surface area contributed by atoms with Crippen molar-refractivity contribution in [1.29, 1.82) is 0 Å². The monoisotopic (exact) mass is 567 g/mol. The van der Waals surface area contributed by atoms with Crippen molar-refractivity contribution in [2.24, 2.45) is 0 Å². The van der Waals surface area contributed by atoms with E-state index in [1.54, 1.807) is 70.2 Å². The molecule has 10 nitrogen and oxygen atoms in total. The van der Waals surface area contributed by atoms with Crippen LogP contribution in [0.5, 0.6) is 5.75 Å². The molecule has 0 unspecified atom stereocenters. The first-order valence-electron chi connectivity index (χ1n) is 12.7. The van der Waals surface area contributed by atoms with Crippen LogP contribution in [0, 0.1) is 0 Å². The van der Waals surface area contributed by atoms with Crippen LogP contribution in [0.25, 0.3) is 0 Å². The molecule has 0 radical (unpaired) electrons. The van der Waals surface area contributed by atoms with Gasteiger partial charge < -0.3 is 22.8 Å². The highest BCUT2D eigenvalue weighted by atomic mass is 31.2. The highest BCUT2D eigenvalue weighted by Crippen LogP contribution is 2.54. The largest absolute Gasteiger partial charge is 0.494 e. The quantitative estimate of drug-likeness (QED) is 0.149. The van der Waals surface area contributed by atoms with Gasteiger partial charge in [-0.2, -0.15) is 0 Å². The average molecular weight is 568 g/mol. The van der Waals surface area contributed by atoms with Gasteiger partial charge in [-0.3, -0.25) is 23.6 Å². The number of carbonyl (C=O) groups is 2. The minimum Gasteiger partial charge on any atom is -0.494 e. The summed E-state index contributed by atoms with van der Waals surface area (Å²) in [5, 5.41) is 0.221. The SMILES string of the molecule is CCOP(=O)(Cc1ccc(OCCCN2C(=O)c3ccccc3C2=O)cc1P(=O)(OCC)OCC)OCC. The lowest BCUT2D eigenvalue weighted by atomic mass is 10.1. The van der Waals surface area contributed by atoms with Crippen molar-refractivity contribution in [3.8, 4) is 5.75 Å². The molecule has 0 atom stereocenters. The molecule has 0 spiro atoms. The molecular weight excluding hydrogens is 532 g/mol. The van der Waals surface area contributed by atoms with Gasteiger partial charge in [0, 0.05) is 6.54 Å². The van der Waals surface area contributed by atoms with Gasteiger partial charge in [0.25, 0.3) is 11.8 Å². The van der Waals surface area contributed by atoms with Crippen molar-refractivity contribution in [1.82, 2.24) is 4.90 Å². The Kier molecular flexibility index (Phi) is 10.9. The van der Waals surface area contributed by atoms with Crippen molar-refractivity contribution in [2.45, 2.75) is 40.3 Å². The number of imide groups is 1. The molecule has 1 heterocycles. The van der Waals surface area contributed by atoms with E-state index in [2.05, 4.69) is 0 Å². The van der Waals surface area contributed by atoms with Gasteiger partial charge in [0.05, 0.1) is 55.6 Å². The number of nitrogens with zero attached hydrogens (tertiary/aromatic N) is 1. The van der Waals surface area contributed by atoms with Gasteiger partial charge in [0.1, 0.15) is 5.75 Å². The first kappa shape index (κ1) is 30.2. The summed E-state index contributed by atoms with van der Waals surface area (Å²) in [6.07, 6.45) is 0.273. The van der Waals surface area contributed by atoms with E-state index < -0.39 is 15.2 Å². The summed E-state index contributed by atoms with van der Waals surface area (Å²) in [6.45, 7) is 7.88. The van der Waals surface area contributed by atoms with Crippen molar-refractivity contribution < 1.29 is 41.6 Å². The molecule has 38 heavy (non-hydrogen) atoms. The van der Waals surface area contributed by atoms with Crippen LogP contribution in [0.3, 0.4) is 0 Å². The van der Waals surface area contributed by atoms with Gasteiger partial charge >= 0.3 is 15.2 Å². The van der Waals surface area contributed by atoms with Gasteiger partial charge in [-0.15, -0.1) is 0 Å². The fraction of sp³-hybridized carbons (Fsp3) is 0.462. The maximum absolute atomic E-state index is 13.7. The van der Waals surface area contributed by atoms with E-state index in [1.807, 2.05) is 0 Å². The molecule has 2 aromatic rings. The lowest BCUT2D eigenvalue weighted by Crippen LogP contribution is -2.31. The van der Waals surface area contributed by atoms with Gasteiger partial charge in [-0.25, -0.2) is 0 Å². The summed E-state index contributed by atoms with van der Waals surface area (Å²) < 4.78 is 54.8. The molecule has 0 aromatic heterocycles. The number of benzene rings is 2. The van der Waals surface area contributed by atoms with E-state index in [-0.39, 0.29) is 62.9 Å².